The lowest BCUT2D eigenvalue weighted by molar-refractivity contribution is 0.0697. The zero-order valence-electron chi connectivity index (χ0n) is 20.5. The molecule has 37 heavy (non-hydrogen) atoms. The first-order chi connectivity index (χ1) is 17.7. The highest BCUT2D eigenvalue weighted by Crippen LogP contribution is 2.53. The second-order valence-electron chi connectivity index (χ2n) is 10.1. The molecular formula is C28H26F2N4O2S. The molecule has 3 heterocycles. The molecule has 0 saturated carbocycles. The number of hydrogen-bond donors (Lipinski definition) is 1. The van der Waals surface area contributed by atoms with Gasteiger partial charge in [-0.05, 0) is 73.4 Å². The van der Waals surface area contributed by atoms with Crippen LogP contribution in [0.3, 0.4) is 0 Å². The molecular weight excluding hydrogens is 494 g/mol. The minimum Gasteiger partial charge on any atom is -0.478 e. The maximum absolute atomic E-state index is 13.9. The Labute approximate surface area is 216 Å². The van der Waals surface area contributed by atoms with Crippen LogP contribution < -0.4 is 4.90 Å². The van der Waals surface area contributed by atoms with Crippen LogP contribution >= 0.6 is 11.3 Å². The highest BCUT2D eigenvalue weighted by Gasteiger charge is 2.42. The van der Waals surface area contributed by atoms with Crippen molar-refractivity contribution in [1.29, 1.82) is 0 Å². The van der Waals surface area contributed by atoms with Crippen LogP contribution in [0.25, 0.3) is 21.5 Å². The second-order valence-corrected chi connectivity index (χ2v) is 11.1. The van der Waals surface area contributed by atoms with Crippen molar-refractivity contribution in [2.24, 2.45) is 5.41 Å². The molecule has 0 radical (unpaired) electrons. The molecule has 1 spiro atoms. The number of carbonyl (C=O) groups is 1. The van der Waals surface area contributed by atoms with E-state index >= 15 is 0 Å². The Morgan fingerprint density at radius 1 is 1.14 bits per heavy atom. The number of halogens is 2. The van der Waals surface area contributed by atoms with Gasteiger partial charge < -0.3 is 10.0 Å². The molecule has 190 valence electrons. The Balaban J connectivity index is 1.24. The van der Waals surface area contributed by atoms with Crippen molar-refractivity contribution in [2.45, 2.75) is 39.5 Å². The summed E-state index contributed by atoms with van der Waals surface area (Å²) < 4.78 is 30.4. The SMILES string of the molecule is Cc1ccccc1-n1ncc(C(F)F)c1C1=CC2(CCN(c3nc4c(C)cc(C(=O)O)cc4s3)CC2)C1. The molecule has 9 heteroatoms. The van der Waals surface area contributed by atoms with E-state index in [0.717, 1.165) is 70.1 Å². The number of aromatic nitrogens is 3. The van der Waals surface area contributed by atoms with E-state index in [1.54, 1.807) is 16.8 Å². The third-order valence-electron chi connectivity index (χ3n) is 7.65. The van der Waals surface area contributed by atoms with E-state index in [2.05, 4.69) is 16.1 Å². The van der Waals surface area contributed by atoms with E-state index in [4.69, 9.17) is 4.98 Å². The molecule has 0 bridgehead atoms. The van der Waals surface area contributed by atoms with Crippen molar-refractivity contribution < 1.29 is 18.7 Å². The quantitative estimate of drug-likeness (QED) is 0.313. The lowest BCUT2D eigenvalue weighted by Gasteiger charge is -2.46. The molecule has 4 aromatic rings. The highest BCUT2D eigenvalue weighted by molar-refractivity contribution is 7.22. The maximum atomic E-state index is 13.9. The van der Waals surface area contributed by atoms with Gasteiger partial charge in [-0.15, -0.1) is 0 Å². The van der Waals surface area contributed by atoms with E-state index < -0.39 is 12.4 Å². The first-order valence-electron chi connectivity index (χ1n) is 12.3. The number of hydrogen-bond acceptors (Lipinski definition) is 5. The molecule has 2 aliphatic rings. The third kappa shape index (κ3) is 4.01. The summed E-state index contributed by atoms with van der Waals surface area (Å²) in [5.74, 6) is -0.939. The minimum atomic E-state index is -2.59. The first-order valence-corrected chi connectivity index (χ1v) is 13.1. The lowest BCUT2D eigenvalue weighted by atomic mass is 9.64. The van der Waals surface area contributed by atoms with Crippen LogP contribution in [0.1, 0.15) is 58.4 Å². The standard InChI is InChI=1S/C28H26F2N4O2S/c1-16-5-3-4-6-21(16)34-24(20(15-31-34)25(29)30)19-13-28(14-19)7-9-33(10-8-28)27-32-23-17(2)11-18(26(35)36)12-22(23)37-27/h3-6,11-13,15,25H,7-10,14H2,1-2H3,(H,35,36). The van der Waals surface area contributed by atoms with Crippen molar-refractivity contribution >= 4 is 38.2 Å². The summed E-state index contributed by atoms with van der Waals surface area (Å²) in [7, 11) is 0. The van der Waals surface area contributed by atoms with Crippen LogP contribution in [0.5, 0.6) is 0 Å². The Hall–Kier alpha value is -3.59. The summed E-state index contributed by atoms with van der Waals surface area (Å²) in [4.78, 5) is 18.5. The summed E-state index contributed by atoms with van der Waals surface area (Å²) in [5.41, 5.74) is 5.21. The van der Waals surface area contributed by atoms with E-state index in [1.165, 1.54) is 17.5 Å². The Bertz CT molecular complexity index is 1560. The molecule has 2 aromatic carbocycles. The lowest BCUT2D eigenvalue weighted by Crippen LogP contribution is -2.42. The van der Waals surface area contributed by atoms with Crippen LogP contribution in [-0.4, -0.2) is 38.9 Å². The Morgan fingerprint density at radius 2 is 1.86 bits per heavy atom. The Morgan fingerprint density at radius 3 is 2.54 bits per heavy atom. The van der Waals surface area contributed by atoms with Gasteiger partial charge in [-0.3, -0.25) is 0 Å². The number of carboxylic acid groups (broad SMARTS) is 1. The van der Waals surface area contributed by atoms with Gasteiger partial charge in [-0.25, -0.2) is 23.2 Å². The van der Waals surface area contributed by atoms with Gasteiger partial charge in [0.25, 0.3) is 6.43 Å². The topological polar surface area (TPSA) is 71.2 Å². The summed E-state index contributed by atoms with van der Waals surface area (Å²) in [6.45, 7) is 5.47. The van der Waals surface area contributed by atoms with Crippen LogP contribution in [0, 0.1) is 19.3 Å². The number of carboxylic acids is 1. The average molecular weight is 521 g/mol. The maximum Gasteiger partial charge on any atom is 0.335 e. The largest absolute Gasteiger partial charge is 0.478 e. The van der Waals surface area contributed by atoms with Gasteiger partial charge in [0.2, 0.25) is 0 Å². The van der Waals surface area contributed by atoms with Crippen molar-refractivity contribution in [3.8, 4) is 5.69 Å². The monoisotopic (exact) mass is 520 g/mol. The number of piperidine rings is 1. The number of benzene rings is 2. The summed E-state index contributed by atoms with van der Waals surface area (Å²) in [5, 5.41) is 14.6. The first kappa shape index (κ1) is 23.8. The molecule has 1 aliphatic heterocycles. The van der Waals surface area contributed by atoms with Gasteiger partial charge in [-0.2, -0.15) is 5.10 Å². The number of thiazole rings is 1. The number of allylic oxidation sites excluding steroid dienone is 2. The van der Waals surface area contributed by atoms with Gasteiger partial charge in [0.1, 0.15) is 0 Å². The molecule has 1 aliphatic carbocycles. The number of alkyl halides is 2. The van der Waals surface area contributed by atoms with Crippen molar-refractivity contribution in [3.05, 3.63) is 76.6 Å². The normalized spacial score (nSPS) is 16.9. The number of rotatable bonds is 5. The molecule has 2 aromatic heterocycles. The fourth-order valence-electron chi connectivity index (χ4n) is 5.61. The molecule has 0 amide bonds. The van der Waals surface area contributed by atoms with Crippen molar-refractivity contribution in [1.82, 2.24) is 14.8 Å². The fourth-order valence-corrected chi connectivity index (χ4v) is 6.74. The zero-order valence-corrected chi connectivity index (χ0v) is 21.4. The van der Waals surface area contributed by atoms with Crippen LogP contribution in [0.4, 0.5) is 13.9 Å². The minimum absolute atomic E-state index is 0.00483. The fraction of sp³-hybridized carbons (Fsp3) is 0.321. The van der Waals surface area contributed by atoms with Gasteiger partial charge in [0, 0.05) is 13.1 Å². The second kappa shape index (κ2) is 8.76. The Kier molecular flexibility index (Phi) is 5.63. The molecule has 6 rings (SSSR count). The van der Waals surface area contributed by atoms with Crippen LogP contribution in [-0.2, 0) is 0 Å². The summed E-state index contributed by atoms with van der Waals surface area (Å²) >= 11 is 1.52. The van der Waals surface area contributed by atoms with Gasteiger partial charge in [-0.1, -0.05) is 35.6 Å². The van der Waals surface area contributed by atoms with E-state index in [9.17, 15) is 18.7 Å². The van der Waals surface area contributed by atoms with Crippen LogP contribution in [0.15, 0.2) is 48.7 Å². The molecule has 1 saturated heterocycles. The molecule has 0 unspecified atom stereocenters. The highest BCUT2D eigenvalue weighted by atomic mass is 32.1. The number of nitrogens with zero attached hydrogens (tertiary/aromatic N) is 4. The van der Waals surface area contributed by atoms with E-state index in [1.807, 2.05) is 38.1 Å². The van der Waals surface area contributed by atoms with Gasteiger partial charge >= 0.3 is 5.97 Å². The number of aromatic carboxylic acids is 1. The number of anilines is 1. The average Bonchev–Trinajstić information content (AvgIpc) is 3.48. The van der Waals surface area contributed by atoms with Gasteiger partial charge in [0.05, 0.1) is 38.9 Å². The predicted molar refractivity (Wildman–Crippen MR) is 141 cm³/mol. The number of aryl methyl sites for hydroxylation is 2. The third-order valence-corrected chi connectivity index (χ3v) is 8.72. The number of fused-ring (bicyclic) bond motifs is 1. The zero-order chi connectivity index (χ0) is 25.9. The predicted octanol–water partition coefficient (Wildman–Crippen LogP) is 6.81. The van der Waals surface area contributed by atoms with Gasteiger partial charge in [0.15, 0.2) is 5.13 Å². The molecule has 1 N–H and O–H groups in total. The van der Waals surface area contributed by atoms with E-state index in [-0.39, 0.29) is 16.5 Å². The molecule has 6 nitrogen and oxygen atoms in total. The number of para-hydroxylation sites is 1. The van der Waals surface area contributed by atoms with Crippen molar-refractivity contribution in [3.63, 3.8) is 0 Å². The molecule has 1 fully saturated rings. The van der Waals surface area contributed by atoms with Crippen molar-refractivity contribution in [2.75, 3.05) is 18.0 Å². The van der Waals surface area contributed by atoms with Crippen LogP contribution in [0.2, 0.25) is 0 Å². The summed E-state index contributed by atoms with van der Waals surface area (Å²) in [6, 6.07) is 11.0. The molecule has 0 atom stereocenters. The summed E-state index contributed by atoms with van der Waals surface area (Å²) in [6.07, 6.45) is 3.47. The smallest absolute Gasteiger partial charge is 0.335 e. The van der Waals surface area contributed by atoms with E-state index in [0.29, 0.717) is 5.69 Å².